The molecule has 2 amide bonds. The number of carbonyl (C=O) groups excluding carboxylic acids is 1. The van der Waals surface area contributed by atoms with E-state index < -0.39 is 18.7 Å². The first kappa shape index (κ1) is 17.0. The lowest BCUT2D eigenvalue weighted by molar-refractivity contribution is -0.117. The molecule has 0 heterocycles. The molecule has 2 aromatic rings. The molecule has 5 nitrogen and oxygen atoms in total. The van der Waals surface area contributed by atoms with Gasteiger partial charge in [-0.15, -0.1) is 0 Å². The smallest absolute Gasteiger partial charge is 0.407 e. The zero-order valence-electron chi connectivity index (χ0n) is 12.3. The summed E-state index contributed by atoms with van der Waals surface area (Å²) in [4.78, 5) is 23.3. The third-order valence-corrected chi connectivity index (χ3v) is 3.84. The van der Waals surface area contributed by atoms with Crippen molar-refractivity contribution in [1.82, 2.24) is 4.90 Å². The monoisotopic (exact) mass is 338 g/mol. The second-order valence-electron chi connectivity index (χ2n) is 5.12. The van der Waals surface area contributed by atoms with Crippen LogP contribution in [-0.2, 0) is 17.8 Å². The Morgan fingerprint density at radius 1 is 1.26 bits per heavy atom. The van der Waals surface area contributed by atoms with E-state index in [0.717, 1.165) is 15.7 Å². The largest absolute Gasteiger partial charge is 0.465 e. The van der Waals surface area contributed by atoms with Crippen LogP contribution in [-0.4, -0.2) is 35.2 Å². The first-order chi connectivity index (χ1) is 10.9. The predicted molar refractivity (Wildman–Crippen MR) is 86.3 cm³/mol. The van der Waals surface area contributed by atoms with Gasteiger partial charge >= 0.3 is 6.09 Å². The van der Waals surface area contributed by atoms with E-state index in [1.165, 1.54) is 0 Å². The summed E-state index contributed by atoms with van der Waals surface area (Å²) in [6.45, 7) is -0.895. The van der Waals surface area contributed by atoms with Crippen molar-refractivity contribution in [2.75, 3.05) is 13.2 Å². The summed E-state index contributed by atoms with van der Waals surface area (Å²) in [5.74, 6) is -0.505. The molecule has 0 aromatic heterocycles. The molecule has 0 radical (unpaired) electrons. The minimum atomic E-state index is -1.19. The summed E-state index contributed by atoms with van der Waals surface area (Å²) in [6.07, 6.45) is -1.20. The van der Waals surface area contributed by atoms with Crippen LogP contribution in [0.25, 0.3) is 10.8 Å². The summed E-state index contributed by atoms with van der Waals surface area (Å²) in [7, 11) is 0. The van der Waals surface area contributed by atoms with E-state index in [0.29, 0.717) is 16.1 Å². The maximum atomic E-state index is 12.4. The number of hydrogen-bond donors (Lipinski definition) is 2. The molecule has 7 heteroatoms. The second kappa shape index (κ2) is 7.28. The first-order valence-electron chi connectivity index (χ1n) is 6.94. The van der Waals surface area contributed by atoms with Gasteiger partial charge in [0.05, 0.1) is 13.0 Å². The van der Waals surface area contributed by atoms with Gasteiger partial charge in [0.1, 0.15) is 6.67 Å². The average molecular weight is 339 g/mol. The number of halogens is 2. The molecule has 0 aliphatic carbocycles. The molecule has 23 heavy (non-hydrogen) atoms. The van der Waals surface area contributed by atoms with Crippen LogP contribution in [0.15, 0.2) is 30.3 Å². The number of carbonyl (C=O) groups is 2. The van der Waals surface area contributed by atoms with Crippen molar-refractivity contribution >= 4 is 34.4 Å². The Morgan fingerprint density at radius 2 is 1.96 bits per heavy atom. The Kier molecular flexibility index (Phi) is 5.39. The SMILES string of the molecule is NC(=O)Cc1c(Cl)ccc2ccc(CN(CCF)C(=O)O)cc12. The summed E-state index contributed by atoms with van der Waals surface area (Å²) < 4.78 is 12.4. The van der Waals surface area contributed by atoms with Gasteiger partial charge in [-0.3, -0.25) is 4.79 Å². The highest BCUT2D eigenvalue weighted by atomic mass is 35.5. The first-order valence-corrected chi connectivity index (χ1v) is 7.32. The zero-order valence-corrected chi connectivity index (χ0v) is 13.0. The molecule has 3 N–H and O–H groups in total. The third-order valence-electron chi connectivity index (χ3n) is 3.49. The van der Waals surface area contributed by atoms with E-state index in [4.69, 9.17) is 22.4 Å². The number of fused-ring (bicyclic) bond motifs is 1. The molecule has 122 valence electrons. The maximum absolute atomic E-state index is 12.4. The Bertz CT molecular complexity index is 751. The Labute approximate surface area is 137 Å². The van der Waals surface area contributed by atoms with Gasteiger partial charge in [-0.2, -0.15) is 0 Å². The van der Waals surface area contributed by atoms with Crippen LogP contribution in [0.4, 0.5) is 9.18 Å². The van der Waals surface area contributed by atoms with Crippen LogP contribution in [0.1, 0.15) is 11.1 Å². The van der Waals surface area contributed by atoms with Gasteiger partial charge in [-0.05, 0) is 34.0 Å². The van der Waals surface area contributed by atoms with Crippen molar-refractivity contribution < 1.29 is 19.1 Å². The van der Waals surface area contributed by atoms with Crippen molar-refractivity contribution in [3.63, 3.8) is 0 Å². The van der Waals surface area contributed by atoms with Crippen molar-refractivity contribution in [1.29, 1.82) is 0 Å². The summed E-state index contributed by atoms with van der Waals surface area (Å²) in [6, 6.07) is 8.82. The van der Waals surface area contributed by atoms with Gasteiger partial charge in [0.2, 0.25) is 5.91 Å². The molecule has 0 fully saturated rings. The average Bonchev–Trinajstić information content (AvgIpc) is 2.49. The third kappa shape index (κ3) is 4.10. The molecule has 0 unspecified atom stereocenters. The zero-order chi connectivity index (χ0) is 17.0. The minimum Gasteiger partial charge on any atom is -0.465 e. The number of nitrogens with zero attached hydrogens (tertiary/aromatic N) is 1. The molecular formula is C16H16ClFN2O3. The van der Waals surface area contributed by atoms with E-state index in [9.17, 15) is 14.0 Å². The number of hydrogen-bond acceptors (Lipinski definition) is 2. The van der Waals surface area contributed by atoms with Crippen LogP contribution < -0.4 is 5.73 Å². The molecule has 0 aliphatic rings. The van der Waals surface area contributed by atoms with Crippen LogP contribution in [0.2, 0.25) is 5.02 Å². The van der Waals surface area contributed by atoms with Gasteiger partial charge in [0, 0.05) is 11.6 Å². The molecule has 2 aromatic carbocycles. The number of rotatable bonds is 6. The standard InChI is InChI=1S/C16H16ClFN2O3/c17-14-4-3-11-2-1-10(9-20(6-5-18)16(22)23)7-12(11)13(14)8-15(19)21/h1-4,7H,5-6,8-9H2,(H2,19,21)(H,22,23). The predicted octanol–water partition coefficient (Wildman–Crippen LogP) is 2.97. The molecule has 0 spiro atoms. The number of carboxylic acid groups (broad SMARTS) is 1. The number of nitrogens with two attached hydrogens (primary N) is 1. The lowest BCUT2D eigenvalue weighted by Gasteiger charge is -2.18. The minimum absolute atomic E-state index is 0.00719. The fourth-order valence-electron chi connectivity index (χ4n) is 2.42. The van der Waals surface area contributed by atoms with Crippen molar-refractivity contribution in [2.45, 2.75) is 13.0 Å². The van der Waals surface area contributed by atoms with E-state index in [2.05, 4.69) is 0 Å². The quantitative estimate of drug-likeness (QED) is 0.849. The van der Waals surface area contributed by atoms with E-state index >= 15 is 0 Å². The van der Waals surface area contributed by atoms with Gasteiger partial charge in [0.25, 0.3) is 0 Å². The highest BCUT2D eigenvalue weighted by molar-refractivity contribution is 6.32. The van der Waals surface area contributed by atoms with E-state index in [1.807, 2.05) is 6.07 Å². The van der Waals surface area contributed by atoms with Crippen LogP contribution in [0.5, 0.6) is 0 Å². The summed E-state index contributed by atoms with van der Waals surface area (Å²) in [5, 5.41) is 11.1. The fourth-order valence-corrected chi connectivity index (χ4v) is 2.65. The highest BCUT2D eigenvalue weighted by Crippen LogP contribution is 2.28. The summed E-state index contributed by atoms with van der Waals surface area (Å²) >= 11 is 6.14. The number of amides is 2. The fraction of sp³-hybridized carbons (Fsp3) is 0.250. The molecule has 0 bridgehead atoms. The van der Waals surface area contributed by atoms with Crippen LogP contribution >= 0.6 is 11.6 Å². The van der Waals surface area contributed by atoms with Gasteiger partial charge in [0.15, 0.2) is 0 Å². The van der Waals surface area contributed by atoms with E-state index in [-0.39, 0.29) is 19.5 Å². The molecule has 0 saturated carbocycles. The molecule has 0 atom stereocenters. The Balaban J connectivity index is 2.43. The van der Waals surface area contributed by atoms with Crippen LogP contribution in [0, 0.1) is 0 Å². The van der Waals surface area contributed by atoms with E-state index in [1.54, 1.807) is 24.3 Å². The van der Waals surface area contributed by atoms with Crippen molar-refractivity contribution in [2.24, 2.45) is 5.73 Å². The normalized spacial score (nSPS) is 10.7. The topological polar surface area (TPSA) is 83.6 Å². The van der Waals surface area contributed by atoms with Gasteiger partial charge < -0.3 is 15.7 Å². The summed E-state index contributed by atoms with van der Waals surface area (Å²) in [5.41, 5.74) is 6.54. The number of alkyl halides is 1. The van der Waals surface area contributed by atoms with Crippen molar-refractivity contribution in [3.05, 3.63) is 46.5 Å². The second-order valence-corrected chi connectivity index (χ2v) is 5.52. The van der Waals surface area contributed by atoms with Gasteiger partial charge in [-0.25, -0.2) is 9.18 Å². The lowest BCUT2D eigenvalue weighted by Crippen LogP contribution is -2.30. The number of primary amides is 1. The number of benzene rings is 2. The Morgan fingerprint density at radius 3 is 2.57 bits per heavy atom. The molecule has 0 aliphatic heterocycles. The Hall–Kier alpha value is -2.34. The highest BCUT2D eigenvalue weighted by Gasteiger charge is 2.14. The lowest BCUT2D eigenvalue weighted by atomic mass is 9.99. The maximum Gasteiger partial charge on any atom is 0.407 e. The van der Waals surface area contributed by atoms with Crippen LogP contribution in [0.3, 0.4) is 0 Å². The molecule has 2 rings (SSSR count). The van der Waals surface area contributed by atoms with Crippen molar-refractivity contribution in [3.8, 4) is 0 Å². The molecular weight excluding hydrogens is 323 g/mol. The molecule has 0 saturated heterocycles. The van der Waals surface area contributed by atoms with Gasteiger partial charge in [-0.1, -0.05) is 29.8 Å².